The number of phenolic OH excluding ortho intramolecular Hbond substituents is 1. The number of phenols is 1. The van der Waals surface area contributed by atoms with Crippen LogP contribution in [-0.2, 0) is 14.3 Å². The van der Waals surface area contributed by atoms with Crippen LogP contribution >= 0.6 is 0 Å². The van der Waals surface area contributed by atoms with Gasteiger partial charge in [-0.25, -0.2) is 0 Å². The monoisotopic (exact) mass is 488 g/mol. The molecule has 194 valence electrons. The number of hydrogen-bond donors (Lipinski definition) is 3. The molecule has 1 aromatic rings. The van der Waals surface area contributed by atoms with Crippen LogP contribution in [0, 0.1) is 12.8 Å². The first-order chi connectivity index (χ1) is 16.4. The Labute approximate surface area is 208 Å². The molecule has 0 aromatic heterocycles. The molecule has 0 radical (unpaired) electrons. The number of hydrogen-bond acceptors (Lipinski definition) is 7. The molecular weight excluding hydrogens is 448 g/mol. The summed E-state index contributed by atoms with van der Waals surface area (Å²) < 4.78 is 17.4. The zero-order valence-electron chi connectivity index (χ0n) is 21.9. The Morgan fingerprint density at radius 3 is 2.34 bits per heavy atom. The first kappa shape index (κ1) is 26.0. The van der Waals surface area contributed by atoms with Crippen LogP contribution in [0.4, 0.5) is 0 Å². The molecule has 1 fully saturated rings. The van der Waals surface area contributed by atoms with E-state index in [2.05, 4.69) is 33.8 Å². The average Bonchev–Trinajstić information content (AvgIpc) is 2.76. The molecule has 7 nitrogen and oxygen atoms in total. The Bertz CT molecular complexity index is 1010. The van der Waals surface area contributed by atoms with E-state index in [4.69, 9.17) is 14.2 Å². The molecule has 3 aliphatic rings. The average molecular weight is 489 g/mol. The standard InChI is InChI=1S/C28H40O7/c1-12(2)10-18-11-14(4)19-9-8-13(3)20-22(19)21(18)15(5)26(24(20)31)35-28-27(34-17(7)29)25(32)23(30)16(6)33-28/h10,13-14,16,18-19,23,25,27-28,30-32H,8-9,11H2,1-7H3/t13-,14-,16-,18+,19+,23+,25+,27-,28-/m0/s1. The maximum Gasteiger partial charge on any atom is 0.303 e. The number of carbonyl (C=O) groups excluding carboxylic acids is 1. The first-order valence-electron chi connectivity index (χ1n) is 12.8. The fraction of sp³-hybridized carbons (Fsp3) is 0.679. The van der Waals surface area contributed by atoms with Crippen molar-refractivity contribution in [2.75, 3.05) is 0 Å². The largest absolute Gasteiger partial charge is 0.504 e. The molecule has 3 N–H and O–H groups in total. The number of aliphatic hydroxyl groups excluding tert-OH is 2. The van der Waals surface area contributed by atoms with E-state index in [1.54, 1.807) is 6.92 Å². The first-order valence-corrected chi connectivity index (χ1v) is 12.8. The molecule has 0 amide bonds. The Hall–Kier alpha value is -2.09. The number of carbonyl (C=O) groups is 1. The number of benzene rings is 1. The quantitative estimate of drug-likeness (QED) is 0.422. The summed E-state index contributed by atoms with van der Waals surface area (Å²) in [4.78, 5) is 11.8. The van der Waals surface area contributed by atoms with Crippen molar-refractivity contribution in [3.63, 3.8) is 0 Å². The van der Waals surface area contributed by atoms with Crippen LogP contribution in [0.15, 0.2) is 11.6 Å². The molecule has 1 saturated heterocycles. The van der Waals surface area contributed by atoms with Gasteiger partial charge in [0.2, 0.25) is 6.29 Å². The van der Waals surface area contributed by atoms with Crippen LogP contribution < -0.4 is 4.74 Å². The third-order valence-corrected chi connectivity index (χ3v) is 8.11. The second-order valence-electron chi connectivity index (χ2n) is 11.1. The molecule has 9 atom stereocenters. The van der Waals surface area contributed by atoms with E-state index < -0.39 is 36.7 Å². The van der Waals surface area contributed by atoms with Gasteiger partial charge in [0.05, 0.1) is 6.10 Å². The van der Waals surface area contributed by atoms with Crippen LogP contribution in [0.1, 0.15) is 101 Å². The minimum Gasteiger partial charge on any atom is -0.504 e. The summed E-state index contributed by atoms with van der Waals surface area (Å²) in [7, 11) is 0. The van der Waals surface area contributed by atoms with E-state index in [0.717, 1.165) is 30.4 Å². The Kier molecular flexibility index (Phi) is 7.24. The van der Waals surface area contributed by atoms with Gasteiger partial charge in [-0.2, -0.15) is 0 Å². The molecular formula is C28H40O7. The third-order valence-electron chi connectivity index (χ3n) is 8.11. The topological polar surface area (TPSA) is 105 Å². The van der Waals surface area contributed by atoms with Gasteiger partial charge in [0.1, 0.15) is 12.2 Å². The van der Waals surface area contributed by atoms with Gasteiger partial charge in [-0.1, -0.05) is 25.5 Å². The smallest absolute Gasteiger partial charge is 0.303 e. The molecule has 7 heteroatoms. The lowest BCUT2D eigenvalue weighted by Gasteiger charge is -2.44. The summed E-state index contributed by atoms with van der Waals surface area (Å²) in [5.74, 6) is 1.05. The summed E-state index contributed by atoms with van der Waals surface area (Å²) in [6, 6.07) is 0. The SMILES string of the molecule is CC(=O)O[C@@H]1[C@H](Oc2c(C)c3c4c(c2O)[C@@H](C)CC[C@@H]4[C@@H](C)C[C@H]3C=C(C)C)O[C@@H](C)[C@@H](O)[C@H]1O. The Balaban J connectivity index is 1.85. The predicted octanol–water partition coefficient (Wildman–Crippen LogP) is 4.55. The normalized spacial score (nSPS) is 36.2. The van der Waals surface area contributed by atoms with Crippen LogP contribution in [-0.4, -0.2) is 52.0 Å². The van der Waals surface area contributed by atoms with Crippen molar-refractivity contribution in [2.45, 2.75) is 116 Å². The summed E-state index contributed by atoms with van der Waals surface area (Å²) in [5.41, 5.74) is 5.48. The van der Waals surface area contributed by atoms with E-state index in [1.165, 1.54) is 23.6 Å². The van der Waals surface area contributed by atoms with E-state index in [0.29, 0.717) is 17.6 Å². The maximum absolute atomic E-state index is 11.8. The highest BCUT2D eigenvalue weighted by atomic mass is 16.7. The van der Waals surface area contributed by atoms with Crippen LogP contribution in [0.3, 0.4) is 0 Å². The molecule has 1 heterocycles. The Morgan fingerprint density at radius 2 is 1.71 bits per heavy atom. The summed E-state index contributed by atoms with van der Waals surface area (Å²) >= 11 is 0. The lowest BCUT2D eigenvalue weighted by molar-refractivity contribution is -0.273. The van der Waals surface area contributed by atoms with Crippen LogP contribution in [0.25, 0.3) is 0 Å². The molecule has 0 spiro atoms. The van der Waals surface area contributed by atoms with Crippen molar-refractivity contribution in [1.82, 2.24) is 0 Å². The van der Waals surface area contributed by atoms with Crippen molar-refractivity contribution in [3.8, 4) is 11.5 Å². The second kappa shape index (κ2) is 9.75. The summed E-state index contributed by atoms with van der Waals surface area (Å²) in [6.45, 7) is 13.5. The number of ether oxygens (including phenoxy) is 3. The number of aliphatic hydroxyl groups is 2. The lowest BCUT2D eigenvalue weighted by Crippen LogP contribution is -2.59. The van der Waals surface area contributed by atoms with Gasteiger partial charge in [-0.3, -0.25) is 4.79 Å². The van der Waals surface area contributed by atoms with Crippen LogP contribution in [0.2, 0.25) is 0 Å². The molecule has 35 heavy (non-hydrogen) atoms. The van der Waals surface area contributed by atoms with Gasteiger partial charge in [0.15, 0.2) is 17.6 Å². The van der Waals surface area contributed by atoms with Gasteiger partial charge in [0.25, 0.3) is 0 Å². The molecule has 0 bridgehead atoms. The van der Waals surface area contributed by atoms with E-state index in [1.807, 2.05) is 6.92 Å². The van der Waals surface area contributed by atoms with Crippen molar-refractivity contribution in [1.29, 1.82) is 0 Å². The number of esters is 1. The fourth-order valence-electron chi connectivity index (χ4n) is 6.47. The highest BCUT2D eigenvalue weighted by molar-refractivity contribution is 5.66. The van der Waals surface area contributed by atoms with Gasteiger partial charge in [-0.05, 0) is 81.4 Å². The van der Waals surface area contributed by atoms with Crippen molar-refractivity contribution < 1.29 is 34.3 Å². The van der Waals surface area contributed by atoms with Gasteiger partial charge >= 0.3 is 5.97 Å². The van der Waals surface area contributed by atoms with Gasteiger partial charge in [-0.15, -0.1) is 0 Å². The van der Waals surface area contributed by atoms with E-state index in [-0.39, 0.29) is 17.6 Å². The number of aromatic hydroxyl groups is 1. The van der Waals surface area contributed by atoms with Gasteiger partial charge < -0.3 is 29.5 Å². The lowest BCUT2D eigenvalue weighted by atomic mass is 9.62. The maximum atomic E-state index is 11.8. The summed E-state index contributed by atoms with van der Waals surface area (Å²) in [6.07, 6.45) is -0.354. The predicted molar refractivity (Wildman–Crippen MR) is 132 cm³/mol. The number of allylic oxidation sites excluding steroid dienone is 2. The highest BCUT2D eigenvalue weighted by Gasteiger charge is 2.48. The van der Waals surface area contributed by atoms with Crippen molar-refractivity contribution >= 4 is 5.97 Å². The van der Waals surface area contributed by atoms with Crippen LogP contribution in [0.5, 0.6) is 11.5 Å². The van der Waals surface area contributed by atoms with Gasteiger partial charge in [0, 0.05) is 18.4 Å². The zero-order valence-corrected chi connectivity index (χ0v) is 21.9. The Morgan fingerprint density at radius 1 is 1.03 bits per heavy atom. The molecule has 0 unspecified atom stereocenters. The molecule has 1 aromatic carbocycles. The molecule has 2 aliphatic carbocycles. The van der Waals surface area contributed by atoms with E-state index >= 15 is 0 Å². The zero-order chi connectivity index (χ0) is 25.8. The second-order valence-corrected chi connectivity index (χ2v) is 11.1. The fourth-order valence-corrected chi connectivity index (χ4v) is 6.47. The minimum absolute atomic E-state index is 0.0990. The summed E-state index contributed by atoms with van der Waals surface area (Å²) in [5, 5.41) is 32.5. The molecule has 0 saturated carbocycles. The van der Waals surface area contributed by atoms with E-state index in [9.17, 15) is 20.1 Å². The van der Waals surface area contributed by atoms with Crippen molar-refractivity contribution in [3.05, 3.63) is 33.9 Å². The molecule has 4 rings (SSSR count). The van der Waals surface area contributed by atoms with Crippen molar-refractivity contribution in [2.24, 2.45) is 5.92 Å². The highest BCUT2D eigenvalue weighted by Crippen LogP contribution is 2.58. The molecule has 1 aliphatic heterocycles. The third kappa shape index (κ3) is 4.58. The number of rotatable bonds is 4. The minimum atomic E-state index is -1.38.